The van der Waals surface area contributed by atoms with Gasteiger partial charge in [0.25, 0.3) is 0 Å². The maximum absolute atomic E-state index is 13.0. The summed E-state index contributed by atoms with van der Waals surface area (Å²) in [6, 6.07) is 12.3. The monoisotopic (exact) mass is 581 g/mol. The number of carbonyl (C=O) groups excluding carboxylic acids is 2. The van der Waals surface area contributed by atoms with Crippen molar-refractivity contribution in [2.45, 2.75) is 38.4 Å². The highest BCUT2D eigenvalue weighted by atomic mass is 35.5. The van der Waals surface area contributed by atoms with Crippen molar-refractivity contribution < 1.29 is 42.0 Å². The van der Waals surface area contributed by atoms with Gasteiger partial charge in [-0.25, -0.2) is 0 Å². The van der Waals surface area contributed by atoms with Crippen molar-refractivity contribution in [3.63, 3.8) is 0 Å². The van der Waals surface area contributed by atoms with Crippen LogP contribution in [0.2, 0.25) is 10.0 Å². The normalized spacial score (nSPS) is 13.6. The summed E-state index contributed by atoms with van der Waals surface area (Å²) in [4.78, 5) is 25.1. The van der Waals surface area contributed by atoms with E-state index in [1.807, 2.05) is 0 Å². The second kappa shape index (κ2) is 12.9. The van der Waals surface area contributed by atoms with Crippen LogP contribution in [0, 0.1) is 11.1 Å². The summed E-state index contributed by atoms with van der Waals surface area (Å²) in [7, 11) is 0. The molecule has 0 N–H and O–H groups in total. The van der Waals surface area contributed by atoms with E-state index in [4.69, 9.17) is 37.4 Å². The molecule has 0 aliphatic heterocycles. The maximum Gasteiger partial charge on any atom is 0.387 e. The third kappa shape index (κ3) is 8.43. The number of nitrogens with zero attached hydrogens (tertiary/aromatic N) is 1. The number of hydrogen-bond acceptors (Lipinski definition) is 7. The first kappa shape index (κ1) is 28.4. The molecular weight excluding hydrogens is 559 g/mol. The number of halogens is 4. The summed E-state index contributed by atoms with van der Waals surface area (Å²) in [5.74, 6) is -1.34. The van der Waals surface area contributed by atoms with E-state index >= 15 is 0 Å². The first-order valence-electron chi connectivity index (χ1n) is 11.9. The van der Waals surface area contributed by atoms with Gasteiger partial charge in [-0.2, -0.15) is 13.5 Å². The predicted octanol–water partition coefficient (Wildman–Crippen LogP) is 5.84. The zero-order valence-electron chi connectivity index (χ0n) is 20.4. The zero-order chi connectivity index (χ0) is 27.9. The van der Waals surface area contributed by atoms with Crippen LogP contribution in [0.5, 0.6) is 17.2 Å². The molecule has 3 aromatic rings. The SMILES string of the molecule is O=C(CC(=O)OC(Cc1c(Cl)c[n+]([O-])cc1Cl)c1ccc(OC(F)F)c(OCC2CC2)c1)Oc1ccccc1. The first-order chi connectivity index (χ1) is 18.7. The maximum atomic E-state index is 13.0. The van der Waals surface area contributed by atoms with Crippen LogP contribution in [0.15, 0.2) is 60.9 Å². The Labute approximate surface area is 232 Å². The van der Waals surface area contributed by atoms with Gasteiger partial charge >= 0.3 is 18.6 Å². The van der Waals surface area contributed by atoms with Crippen molar-refractivity contribution >= 4 is 35.1 Å². The molecule has 206 valence electrons. The van der Waals surface area contributed by atoms with Crippen LogP contribution >= 0.6 is 23.2 Å². The standard InChI is InChI=1S/C27H23Cl2F2NO7/c28-20-13-32(35)14-21(29)19(20)11-23(38-26(34)12-25(33)37-18-4-2-1-3-5-18)17-8-9-22(39-27(30)31)24(10-17)36-15-16-6-7-16/h1-5,8-10,13-14,16,23,27H,6-7,11-12,15H2. The molecule has 1 aliphatic rings. The highest BCUT2D eigenvalue weighted by Crippen LogP contribution is 2.38. The number of rotatable bonds is 12. The van der Waals surface area contributed by atoms with Gasteiger partial charge in [-0.05, 0) is 48.6 Å². The summed E-state index contributed by atoms with van der Waals surface area (Å²) in [6.45, 7) is -2.78. The van der Waals surface area contributed by atoms with E-state index in [2.05, 4.69) is 4.74 Å². The molecule has 1 heterocycles. The first-order valence-corrected chi connectivity index (χ1v) is 12.7. The van der Waals surface area contributed by atoms with Crippen LogP contribution < -0.4 is 18.9 Å². The van der Waals surface area contributed by atoms with Crippen LogP contribution in [-0.2, 0) is 20.7 Å². The number of benzene rings is 2. The van der Waals surface area contributed by atoms with E-state index in [1.54, 1.807) is 30.3 Å². The second-order valence-electron chi connectivity index (χ2n) is 8.78. The van der Waals surface area contributed by atoms with Gasteiger partial charge in [0.05, 0.1) is 6.61 Å². The van der Waals surface area contributed by atoms with Gasteiger partial charge in [-0.15, -0.1) is 0 Å². The largest absolute Gasteiger partial charge is 0.619 e. The third-order valence-corrected chi connectivity index (χ3v) is 6.36. The van der Waals surface area contributed by atoms with Gasteiger partial charge in [-0.3, -0.25) is 9.59 Å². The van der Waals surface area contributed by atoms with Crippen LogP contribution in [-0.4, -0.2) is 25.2 Å². The minimum atomic E-state index is -3.08. The number of hydrogen-bond donors (Lipinski definition) is 0. The summed E-state index contributed by atoms with van der Waals surface area (Å²) in [6.07, 6.45) is 2.20. The Morgan fingerprint density at radius 1 is 1.00 bits per heavy atom. The van der Waals surface area contributed by atoms with E-state index in [0.717, 1.165) is 25.2 Å². The molecule has 1 atom stereocenters. The van der Waals surface area contributed by atoms with E-state index in [0.29, 0.717) is 28.4 Å². The molecule has 2 aromatic carbocycles. The Bertz CT molecular complexity index is 1300. The lowest BCUT2D eigenvalue weighted by atomic mass is 10.0. The molecule has 0 radical (unpaired) electrons. The highest BCUT2D eigenvalue weighted by Gasteiger charge is 2.27. The molecule has 0 saturated heterocycles. The van der Waals surface area contributed by atoms with Gasteiger partial charge < -0.3 is 24.2 Å². The Balaban J connectivity index is 1.59. The number of aromatic nitrogens is 1. The van der Waals surface area contributed by atoms with Crippen molar-refractivity contribution in [3.05, 3.63) is 87.3 Å². The van der Waals surface area contributed by atoms with Crippen molar-refractivity contribution in [1.82, 2.24) is 0 Å². The molecule has 0 bridgehead atoms. The zero-order valence-corrected chi connectivity index (χ0v) is 21.9. The number of pyridine rings is 1. The van der Waals surface area contributed by atoms with Crippen LogP contribution in [0.3, 0.4) is 0 Å². The molecule has 1 unspecified atom stereocenters. The molecular formula is C27H23Cl2F2NO7. The minimum absolute atomic E-state index is 0.0184. The van der Waals surface area contributed by atoms with Crippen molar-refractivity contribution in [2.75, 3.05) is 6.61 Å². The van der Waals surface area contributed by atoms with Gasteiger partial charge in [0.1, 0.15) is 28.3 Å². The summed E-state index contributed by atoms with van der Waals surface area (Å²) in [5, 5.41) is 11.7. The fraction of sp³-hybridized carbons (Fsp3) is 0.296. The molecule has 12 heteroatoms. The lowest BCUT2D eigenvalue weighted by molar-refractivity contribution is -0.605. The number of esters is 2. The average molecular weight is 582 g/mol. The third-order valence-electron chi connectivity index (χ3n) is 5.71. The Morgan fingerprint density at radius 2 is 1.69 bits per heavy atom. The topological polar surface area (TPSA) is 98.0 Å². The molecule has 39 heavy (non-hydrogen) atoms. The van der Waals surface area contributed by atoms with Gasteiger partial charge in [0.15, 0.2) is 23.9 Å². The molecule has 1 saturated carbocycles. The number of ether oxygens (including phenoxy) is 4. The van der Waals surface area contributed by atoms with E-state index in [-0.39, 0.29) is 33.7 Å². The summed E-state index contributed by atoms with van der Waals surface area (Å²) >= 11 is 12.5. The number of para-hydroxylation sites is 1. The fourth-order valence-electron chi connectivity index (χ4n) is 3.64. The lowest BCUT2D eigenvalue weighted by Gasteiger charge is -2.21. The van der Waals surface area contributed by atoms with Gasteiger partial charge in [0.2, 0.25) is 0 Å². The molecule has 1 aliphatic carbocycles. The molecule has 1 aromatic heterocycles. The highest BCUT2D eigenvalue weighted by molar-refractivity contribution is 6.35. The second-order valence-corrected chi connectivity index (χ2v) is 9.59. The van der Waals surface area contributed by atoms with E-state index in [1.165, 1.54) is 18.2 Å². The predicted molar refractivity (Wildman–Crippen MR) is 136 cm³/mol. The number of carbonyl (C=O) groups is 2. The molecule has 8 nitrogen and oxygen atoms in total. The molecule has 0 spiro atoms. The van der Waals surface area contributed by atoms with Crippen LogP contribution in [0.4, 0.5) is 8.78 Å². The quantitative estimate of drug-likeness (QED) is 0.0871. The van der Waals surface area contributed by atoms with Crippen molar-refractivity contribution in [2.24, 2.45) is 5.92 Å². The van der Waals surface area contributed by atoms with Crippen LogP contribution in [0.25, 0.3) is 0 Å². The summed E-state index contributed by atoms with van der Waals surface area (Å²) in [5.41, 5.74) is 0.627. The smallest absolute Gasteiger partial charge is 0.387 e. The van der Waals surface area contributed by atoms with E-state index < -0.39 is 31.1 Å². The van der Waals surface area contributed by atoms with Crippen LogP contribution in [0.1, 0.15) is 36.5 Å². The van der Waals surface area contributed by atoms with Crippen molar-refractivity contribution in [3.8, 4) is 17.2 Å². The molecule has 4 rings (SSSR count). The van der Waals surface area contributed by atoms with Gasteiger partial charge in [0, 0.05) is 12.0 Å². The fourth-order valence-corrected chi connectivity index (χ4v) is 4.23. The van der Waals surface area contributed by atoms with E-state index in [9.17, 15) is 23.6 Å². The average Bonchev–Trinajstić information content (AvgIpc) is 3.69. The molecule has 0 amide bonds. The summed E-state index contributed by atoms with van der Waals surface area (Å²) < 4.78 is 47.5. The minimum Gasteiger partial charge on any atom is -0.619 e. The Kier molecular flexibility index (Phi) is 9.42. The number of alkyl halides is 2. The van der Waals surface area contributed by atoms with Crippen molar-refractivity contribution in [1.29, 1.82) is 0 Å². The Hall–Kier alpha value is -3.63. The molecule has 1 fully saturated rings. The van der Waals surface area contributed by atoms with Gasteiger partial charge in [-0.1, -0.05) is 47.5 Å². The lowest BCUT2D eigenvalue weighted by Crippen LogP contribution is -2.26. The Morgan fingerprint density at radius 3 is 2.33 bits per heavy atom.